The number of hydrogen-bond acceptors (Lipinski definition) is 16. The highest BCUT2D eigenvalue weighted by Gasteiger charge is 2.29. The molecule has 0 fully saturated rings. The molecular weight excluding hydrogens is 1080 g/mol. The topological polar surface area (TPSA) is 731 Å². The molecule has 0 aliphatic rings. The Balaban J connectivity index is -0.000000116. The van der Waals surface area contributed by atoms with Crippen molar-refractivity contribution in [3.63, 3.8) is 0 Å². The average molecular weight is 1140 g/mol. The zero-order chi connectivity index (χ0) is 52.8. The molecule has 0 amide bonds. The fourth-order valence-corrected chi connectivity index (χ4v) is 12.2. The van der Waals surface area contributed by atoms with Crippen LogP contribution < -0.4 is 34.4 Å². The molecule has 46 heteroatoms. The third-order valence-electron chi connectivity index (χ3n) is 4.33. The lowest BCUT2D eigenvalue weighted by Gasteiger charge is -2.03. The molecule has 0 aromatic heterocycles. The Bertz CT molecular complexity index is 1300. The van der Waals surface area contributed by atoms with Gasteiger partial charge in [0.1, 0.15) is 0 Å². The summed E-state index contributed by atoms with van der Waals surface area (Å²) in [7, 11) is -45.5. The van der Waals surface area contributed by atoms with Gasteiger partial charge >= 0.3 is 76.0 Å². The van der Waals surface area contributed by atoms with Crippen LogP contribution in [0.25, 0.3) is 0 Å². The summed E-state index contributed by atoms with van der Waals surface area (Å²) in [5.41, 5.74) is 31.9. The van der Waals surface area contributed by atoms with Gasteiger partial charge in [0, 0.05) is 0 Å². The van der Waals surface area contributed by atoms with Crippen LogP contribution in [0.5, 0.6) is 0 Å². The van der Waals surface area contributed by atoms with Crippen molar-refractivity contribution >= 4 is 76.0 Å². The molecule has 0 aromatic carbocycles. The van der Waals surface area contributed by atoms with E-state index < -0.39 is 105 Å². The van der Waals surface area contributed by atoms with Crippen molar-refractivity contribution in [2.24, 2.45) is 34.4 Å². The quantitative estimate of drug-likeness (QED) is 0.0314. The normalized spacial score (nSPS) is 12.9. The molecular formula is C17H64N6O30P10. The maximum absolute atomic E-state index is 9.85. The highest BCUT2D eigenvalue weighted by atomic mass is 31.3. The summed E-state index contributed by atoms with van der Waals surface area (Å²) in [6.07, 6.45) is 8.26. The molecule has 0 heterocycles. The van der Waals surface area contributed by atoms with Crippen LogP contribution in [0.4, 0.5) is 0 Å². The second-order valence-electron chi connectivity index (χ2n) is 12.0. The van der Waals surface area contributed by atoms with E-state index in [0.29, 0.717) is 0 Å². The van der Waals surface area contributed by atoms with Crippen LogP contribution >= 0.6 is 76.0 Å². The molecule has 0 unspecified atom stereocenters. The zero-order valence-corrected chi connectivity index (χ0v) is 41.7. The fourth-order valence-electron chi connectivity index (χ4n) is 2.60. The van der Waals surface area contributed by atoms with Gasteiger partial charge in [-0.1, -0.05) is 25.7 Å². The van der Waals surface area contributed by atoms with Crippen molar-refractivity contribution < 1.29 is 144 Å². The smallest absolute Gasteiger partial charge is 0.330 e. The maximum Gasteiger partial charge on any atom is 0.337 e. The Kier molecular flexibility index (Phi) is 45.1. The zero-order valence-electron chi connectivity index (χ0n) is 32.7. The van der Waals surface area contributed by atoms with Gasteiger partial charge in [0.15, 0.2) is 29.5 Å². The maximum atomic E-state index is 9.85. The largest absolute Gasteiger partial charge is 0.337 e. The van der Waals surface area contributed by atoms with Gasteiger partial charge in [0.2, 0.25) is 0 Å². The molecule has 36 nitrogen and oxygen atoms in total. The van der Waals surface area contributed by atoms with E-state index in [1.165, 1.54) is 0 Å². The highest BCUT2D eigenvalue weighted by molar-refractivity contribution is 7.71. The number of nitrogens with two attached hydrogens (primary N) is 6. The fraction of sp³-hybridized carbons (Fsp3) is 1.00. The molecule has 0 radical (unpaired) electrons. The molecule has 0 aliphatic carbocycles. The van der Waals surface area contributed by atoms with E-state index in [1.54, 1.807) is 0 Å². The molecule has 63 heavy (non-hydrogen) atoms. The summed E-state index contributed by atoms with van der Waals surface area (Å²) < 4.78 is 98.5. The van der Waals surface area contributed by atoms with E-state index >= 15 is 0 Å². The lowest BCUT2D eigenvalue weighted by atomic mass is 10.2. The van der Waals surface area contributed by atoms with Gasteiger partial charge in [-0.3, -0.25) is 45.7 Å². The first kappa shape index (κ1) is 78.4. The minimum absolute atomic E-state index is 0.136. The summed E-state index contributed by atoms with van der Waals surface area (Å²) >= 11 is 0. The van der Waals surface area contributed by atoms with Crippen molar-refractivity contribution in [3.8, 4) is 0 Å². The lowest BCUT2D eigenvalue weighted by Crippen LogP contribution is -2.29. The van der Waals surface area contributed by atoms with E-state index in [4.69, 9.17) is 132 Å². The van der Waals surface area contributed by atoms with Crippen molar-refractivity contribution in [2.45, 2.75) is 63.7 Å². The lowest BCUT2D eigenvalue weighted by molar-refractivity contribution is 0.352. The molecule has 0 atom stereocenters. The number of hydrogen-bond donors (Lipinski definition) is 26. The second kappa shape index (κ2) is 36.2. The highest BCUT2D eigenvalue weighted by Crippen LogP contribution is 2.54. The number of unbranched alkanes of at least 4 members (excludes halogenated alkanes) is 4. The Morgan fingerprint density at radius 3 is 0.444 bits per heavy atom. The second-order valence-corrected chi connectivity index (χ2v) is 30.9. The first-order chi connectivity index (χ1) is 27.1. The van der Waals surface area contributed by atoms with Gasteiger partial charge in [0.25, 0.3) is 0 Å². The van der Waals surface area contributed by atoms with Gasteiger partial charge in [-0.25, -0.2) is 0 Å². The Hall–Kier alpha value is 1.26. The first-order valence-electron chi connectivity index (χ1n) is 16.0. The molecule has 0 saturated heterocycles. The van der Waals surface area contributed by atoms with Crippen LogP contribution in [0.15, 0.2) is 0 Å². The van der Waals surface area contributed by atoms with E-state index in [0.717, 1.165) is 64.5 Å². The van der Waals surface area contributed by atoms with Crippen LogP contribution in [0.1, 0.15) is 51.4 Å². The van der Waals surface area contributed by atoms with Crippen LogP contribution in [-0.2, 0) is 45.7 Å². The van der Waals surface area contributed by atoms with Gasteiger partial charge in [-0.15, -0.1) is 0 Å². The average Bonchev–Trinajstić information content (AvgIpc) is 2.85. The minimum atomic E-state index is -4.55. The Labute approximate surface area is 359 Å². The monoisotopic (exact) mass is 1140 g/mol. The molecule has 392 valence electrons. The summed E-state index contributed by atoms with van der Waals surface area (Å²) in [5, 5.41) is 0. The van der Waals surface area contributed by atoms with Gasteiger partial charge in [-0.05, 0) is 38.8 Å². The van der Waals surface area contributed by atoms with Crippen molar-refractivity contribution in [1.82, 2.24) is 0 Å². The van der Waals surface area contributed by atoms with Gasteiger partial charge < -0.3 is 132 Å². The standard InChI is InChI=1S/2C6H17N3.5CH6O6P2/c2*7-5-3-1-2-4-6(8)9;5*2-8(3,4)1-9(5,6)7/h2*6H,1-5,7-9H2;5*1H2,(H2,2,3,4)(H2,5,6,7). The van der Waals surface area contributed by atoms with Crippen LogP contribution in [0.3, 0.4) is 0 Å². The van der Waals surface area contributed by atoms with Crippen molar-refractivity contribution in [1.29, 1.82) is 0 Å². The van der Waals surface area contributed by atoms with Crippen molar-refractivity contribution in [2.75, 3.05) is 42.6 Å². The van der Waals surface area contributed by atoms with Crippen LogP contribution in [0, 0.1) is 0 Å². The van der Waals surface area contributed by atoms with E-state index in [1.807, 2.05) is 0 Å². The Morgan fingerprint density at radius 1 is 0.254 bits per heavy atom. The molecule has 0 bridgehead atoms. The Morgan fingerprint density at radius 2 is 0.381 bits per heavy atom. The summed E-state index contributed by atoms with van der Waals surface area (Å²) in [4.78, 5) is 159. The van der Waals surface area contributed by atoms with Gasteiger partial charge in [0.05, 0.1) is 12.3 Å². The van der Waals surface area contributed by atoms with E-state index in [-0.39, 0.29) is 12.3 Å². The summed E-state index contributed by atoms with van der Waals surface area (Å²) in [5.74, 6) is -6.88. The number of rotatable bonds is 20. The predicted octanol–water partition coefficient (Wildman–Crippen LogP) is -4.01. The molecule has 0 rings (SSSR count). The van der Waals surface area contributed by atoms with Crippen LogP contribution in [-0.4, -0.2) is 153 Å². The predicted molar refractivity (Wildman–Crippen MR) is 224 cm³/mol. The molecule has 0 saturated carbocycles. The molecule has 0 aliphatic heterocycles. The minimum Gasteiger partial charge on any atom is -0.330 e. The van der Waals surface area contributed by atoms with E-state index in [2.05, 4.69) is 0 Å². The van der Waals surface area contributed by atoms with Gasteiger partial charge in [-0.2, -0.15) is 0 Å². The SMILES string of the molecule is NCCCCCC(N)N.NCCCCCC(N)N.O=P(O)(O)CP(=O)(O)O.O=P(O)(O)CP(=O)(O)O.O=P(O)(O)CP(=O)(O)O.O=P(O)(O)CP(=O)(O)O.O=P(O)(O)CP(=O)(O)O. The summed E-state index contributed by atoms with van der Waals surface area (Å²) in [6.45, 7) is 1.56. The summed E-state index contributed by atoms with van der Waals surface area (Å²) in [6, 6.07) is 0. The third kappa shape index (κ3) is 127. The van der Waals surface area contributed by atoms with E-state index in [9.17, 15) is 45.7 Å². The van der Waals surface area contributed by atoms with Crippen molar-refractivity contribution in [3.05, 3.63) is 0 Å². The molecule has 0 spiro atoms. The first-order valence-corrected chi connectivity index (χ1v) is 33.9. The molecule has 32 N–H and O–H groups in total. The van der Waals surface area contributed by atoms with Crippen LogP contribution in [0.2, 0.25) is 0 Å². The third-order valence-corrected chi connectivity index (χ3v) is 19.1. The molecule has 0 aromatic rings.